The van der Waals surface area contributed by atoms with Crippen molar-refractivity contribution in [3.05, 3.63) is 75.3 Å². The maximum absolute atomic E-state index is 13.3. The summed E-state index contributed by atoms with van der Waals surface area (Å²) in [5.41, 5.74) is 3.24. The molecule has 0 saturated carbocycles. The average Bonchev–Trinajstić information content (AvgIpc) is 3.32. The smallest absolute Gasteiger partial charge is 0.335 e. The van der Waals surface area contributed by atoms with Gasteiger partial charge in [0.15, 0.2) is 24.8 Å². The molecule has 17 heteroatoms. The Hall–Kier alpha value is -4.39. The zero-order chi connectivity index (χ0) is 33.9. The third-order valence-electron chi connectivity index (χ3n) is 7.14. The summed E-state index contributed by atoms with van der Waals surface area (Å²) in [6, 6.07) is 9.26. The molecule has 2 aliphatic rings. The standard InChI is InChI=1S/C29H36N4O13/c1-29(2,3)27(40)43-13-33-17(35)10-11-32(28(33)41)25-19(37)20(42-4)21(45-25)22(23(30)38)46-26-18(36)15(34)12-16(44-26)24(39)31-14-8-6-5-7-9-14/h5-12,15,18-22,25-26,34,36-37H,13H2,1-4H3,(H2,30,38)(H,31,39)/t15-,18-,19+,20-,21-,22+,25+,26+/m0/s1. The van der Waals surface area contributed by atoms with Gasteiger partial charge in [0.1, 0.15) is 30.5 Å². The van der Waals surface area contributed by atoms with Crippen LogP contribution in [0, 0.1) is 5.41 Å². The van der Waals surface area contributed by atoms with Crippen molar-refractivity contribution < 1.29 is 53.4 Å². The van der Waals surface area contributed by atoms with Crippen molar-refractivity contribution in [3.8, 4) is 0 Å². The van der Waals surface area contributed by atoms with Crippen molar-refractivity contribution in [2.24, 2.45) is 11.1 Å². The van der Waals surface area contributed by atoms with Crippen LogP contribution in [0.1, 0.15) is 27.0 Å². The van der Waals surface area contributed by atoms with Gasteiger partial charge in [0.2, 0.25) is 12.2 Å². The van der Waals surface area contributed by atoms with Crippen LogP contribution in [-0.2, 0) is 44.8 Å². The Morgan fingerprint density at radius 3 is 2.35 bits per heavy atom. The second-order valence-corrected chi connectivity index (χ2v) is 11.5. The number of amides is 2. The molecule has 1 saturated heterocycles. The number of nitrogens with zero attached hydrogens (tertiary/aromatic N) is 2. The summed E-state index contributed by atoms with van der Waals surface area (Å²) >= 11 is 0. The number of anilines is 1. The van der Waals surface area contributed by atoms with Crippen LogP contribution in [0.3, 0.4) is 0 Å². The molecule has 4 rings (SSSR count). The Morgan fingerprint density at radius 1 is 1.07 bits per heavy atom. The first kappa shape index (κ1) is 34.5. The van der Waals surface area contributed by atoms with E-state index in [9.17, 15) is 39.3 Å². The molecule has 0 spiro atoms. The highest BCUT2D eigenvalue weighted by atomic mass is 16.7. The maximum atomic E-state index is 13.3. The first-order chi connectivity index (χ1) is 21.6. The van der Waals surface area contributed by atoms with E-state index >= 15 is 0 Å². The first-order valence-electron chi connectivity index (χ1n) is 14.1. The number of esters is 1. The van der Waals surface area contributed by atoms with Gasteiger partial charge in [-0.25, -0.2) is 9.36 Å². The average molecular weight is 649 g/mol. The number of hydrogen-bond donors (Lipinski definition) is 5. The topological polar surface area (TPSA) is 240 Å². The normalized spacial score (nSPS) is 26.8. The molecule has 0 aliphatic carbocycles. The molecule has 0 unspecified atom stereocenters. The Morgan fingerprint density at radius 2 is 1.74 bits per heavy atom. The summed E-state index contributed by atoms with van der Waals surface area (Å²) in [6.07, 6.45) is -11.3. The molecule has 250 valence electrons. The van der Waals surface area contributed by atoms with E-state index in [2.05, 4.69) is 5.32 Å². The van der Waals surface area contributed by atoms with Crippen LogP contribution in [0.25, 0.3) is 0 Å². The van der Waals surface area contributed by atoms with E-state index in [1.807, 2.05) is 0 Å². The first-order valence-corrected chi connectivity index (χ1v) is 14.1. The predicted octanol–water partition coefficient (Wildman–Crippen LogP) is -1.70. The number of carbonyl (C=O) groups excluding carboxylic acids is 3. The Balaban J connectivity index is 1.56. The molecule has 46 heavy (non-hydrogen) atoms. The van der Waals surface area contributed by atoms with Crippen molar-refractivity contribution in [2.75, 3.05) is 12.4 Å². The van der Waals surface area contributed by atoms with Crippen LogP contribution in [0.2, 0.25) is 0 Å². The van der Waals surface area contributed by atoms with Crippen LogP contribution >= 0.6 is 0 Å². The number of aliphatic hydroxyl groups excluding tert-OH is 3. The van der Waals surface area contributed by atoms with Crippen molar-refractivity contribution in [1.82, 2.24) is 9.13 Å². The minimum absolute atomic E-state index is 0.404. The summed E-state index contributed by atoms with van der Waals surface area (Å²) in [6.45, 7) is 4.03. The third kappa shape index (κ3) is 7.35. The third-order valence-corrected chi connectivity index (χ3v) is 7.14. The number of rotatable bonds is 10. The summed E-state index contributed by atoms with van der Waals surface area (Å²) in [4.78, 5) is 63.4. The molecule has 3 heterocycles. The fourth-order valence-corrected chi connectivity index (χ4v) is 4.66. The van der Waals surface area contributed by atoms with Crippen molar-refractivity contribution >= 4 is 23.5 Å². The lowest BCUT2D eigenvalue weighted by atomic mass is 9.98. The second-order valence-electron chi connectivity index (χ2n) is 11.5. The molecule has 8 atom stereocenters. The monoisotopic (exact) mass is 648 g/mol. The number of benzene rings is 1. The molecular formula is C29H36N4O13. The van der Waals surface area contributed by atoms with E-state index in [0.717, 1.165) is 22.9 Å². The fraction of sp³-hybridized carbons (Fsp3) is 0.483. The molecule has 2 amide bonds. The minimum atomic E-state index is -1.85. The second kappa shape index (κ2) is 13.9. The van der Waals surface area contributed by atoms with E-state index in [1.54, 1.807) is 51.1 Å². The largest absolute Gasteiger partial charge is 0.456 e. The van der Waals surface area contributed by atoms with Crippen molar-refractivity contribution in [3.63, 3.8) is 0 Å². The van der Waals surface area contributed by atoms with Crippen LogP contribution < -0.4 is 22.3 Å². The number of methoxy groups -OCH3 is 1. The van der Waals surface area contributed by atoms with Gasteiger partial charge >= 0.3 is 11.7 Å². The number of aromatic nitrogens is 2. The quantitative estimate of drug-likeness (QED) is 0.181. The number of aliphatic hydroxyl groups is 3. The molecule has 2 aromatic rings. The van der Waals surface area contributed by atoms with Gasteiger partial charge in [-0.15, -0.1) is 0 Å². The van der Waals surface area contributed by atoms with E-state index in [4.69, 9.17) is 29.4 Å². The number of nitrogens with two attached hydrogens (primary N) is 1. The molecule has 1 aromatic heterocycles. The lowest BCUT2D eigenvalue weighted by molar-refractivity contribution is -0.241. The Kier molecular flexibility index (Phi) is 10.4. The summed E-state index contributed by atoms with van der Waals surface area (Å²) in [5.74, 6) is -3.10. The molecule has 1 fully saturated rings. The summed E-state index contributed by atoms with van der Waals surface area (Å²) in [5, 5.41) is 34.6. The van der Waals surface area contributed by atoms with Crippen LogP contribution in [0.15, 0.2) is 64.0 Å². The zero-order valence-corrected chi connectivity index (χ0v) is 25.3. The number of carbonyl (C=O) groups is 3. The molecule has 6 N–H and O–H groups in total. The molecule has 17 nitrogen and oxygen atoms in total. The lowest BCUT2D eigenvalue weighted by Gasteiger charge is -2.35. The predicted molar refractivity (Wildman–Crippen MR) is 155 cm³/mol. The van der Waals surface area contributed by atoms with Crippen LogP contribution in [-0.4, -0.2) is 92.3 Å². The van der Waals surface area contributed by atoms with Gasteiger partial charge in [-0.2, -0.15) is 0 Å². The molecule has 2 aliphatic heterocycles. The lowest BCUT2D eigenvalue weighted by Crippen LogP contribution is -2.53. The Bertz CT molecular complexity index is 1580. The highest BCUT2D eigenvalue weighted by Crippen LogP contribution is 2.34. The molecular weight excluding hydrogens is 612 g/mol. The van der Waals surface area contributed by atoms with E-state index < -0.39 is 96.1 Å². The maximum Gasteiger partial charge on any atom is 0.335 e. The van der Waals surface area contributed by atoms with E-state index in [-0.39, 0.29) is 0 Å². The number of para-hydroxylation sites is 1. The zero-order valence-electron chi connectivity index (χ0n) is 25.3. The summed E-state index contributed by atoms with van der Waals surface area (Å²) < 4.78 is 28.8. The van der Waals surface area contributed by atoms with Crippen molar-refractivity contribution in [1.29, 1.82) is 0 Å². The number of ether oxygens (including phenoxy) is 5. The van der Waals surface area contributed by atoms with Crippen LogP contribution in [0.4, 0.5) is 5.69 Å². The number of hydrogen-bond acceptors (Lipinski definition) is 13. The van der Waals surface area contributed by atoms with E-state index in [0.29, 0.717) is 10.3 Å². The summed E-state index contributed by atoms with van der Waals surface area (Å²) in [7, 11) is 1.17. The van der Waals surface area contributed by atoms with Gasteiger partial charge in [0.05, 0.1) is 5.41 Å². The number of nitrogens with one attached hydrogen (secondary N) is 1. The Labute approximate surface area is 261 Å². The minimum Gasteiger partial charge on any atom is -0.456 e. The van der Waals surface area contributed by atoms with Gasteiger partial charge in [0.25, 0.3) is 11.5 Å². The molecule has 0 radical (unpaired) electrons. The fourth-order valence-electron chi connectivity index (χ4n) is 4.66. The number of primary amides is 1. The SMILES string of the molecule is CO[C@H]1[C@@H](O)[C@H](n2ccc(=O)n(COC(=O)C(C)(C)C)c2=O)O[C@@H]1[C@@H](O[C@H]1OC(C(=O)Nc2ccccc2)=C[C@H](O)[C@@H]1O)C(N)=O. The van der Waals surface area contributed by atoms with Gasteiger partial charge in [-0.05, 0) is 39.0 Å². The van der Waals surface area contributed by atoms with Gasteiger partial charge in [-0.1, -0.05) is 18.2 Å². The van der Waals surface area contributed by atoms with Gasteiger partial charge in [-0.3, -0.25) is 23.7 Å². The van der Waals surface area contributed by atoms with Crippen LogP contribution in [0.5, 0.6) is 0 Å². The van der Waals surface area contributed by atoms with Gasteiger partial charge < -0.3 is 50.1 Å². The van der Waals surface area contributed by atoms with E-state index in [1.165, 1.54) is 7.11 Å². The van der Waals surface area contributed by atoms with Gasteiger partial charge in [0, 0.05) is 25.1 Å². The highest BCUT2D eigenvalue weighted by Gasteiger charge is 2.52. The molecule has 1 aromatic carbocycles. The van der Waals surface area contributed by atoms with Crippen molar-refractivity contribution in [2.45, 2.75) is 76.6 Å². The highest BCUT2D eigenvalue weighted by molar-refractivity contribution is 6.02. The molecule has 0 bridgehead atoms.